The third-order valence-electron chi connectivity index (χ3n) is 1.89. The van der Waals surface area contributed by atoms with Crippen molar-refractivity contribution in [1.29, 1.82) is 0 Å². The number of esters is 1. The lowest BCUT2D eigenvalue weighted by Gasteiger charge is -2.07. The minimum absolute atomic E-state index is 0.0559. The van der Waals surface area contributed by atoms with E-state index < -0.39 is 0 Å². The van der Waals surface area contributed by atoms with Crippen molar-refractivity contribution in [3.63, 3.8) is 0 Å². The first-order valence-electron chi connectivity index (χ1n) is 4.95. The second kappa shape index (κ2) is 5.76. The molecule has 0 spiro atoms. The van der Waals surface area contributed by atoms with Crippen molar-refractivity contribution in [1.82, 2.24) is 0 Å². The van der Waals surface area contributed by atoms with Crippen LogP contribution >= 0.6 is 11.6 Å². The van der Waals surface area contributed by atoms with E-state index in [1.54, 1.807) is 0 Å². The van der Waals surface area contributed by atoms with Gasteiger partial charge in [0.05, 0.1) is 12.5 Å². The Labute approximate surface area is 95.2 Å². The molecule has 0 aromatic heterocycles. The zero-order valence-corrected chi connectivity index (χ0v) is 9.75. The summed E-state index contributed by atoms with van der Waals surface area (Å²) in [5.74, 6) is 0.306. The molecular formula is C12H15ClO2. The SMILES string of the molecule is CC(C)OC(=O)Cc1ccc(CCl)cc1. The summed E-state index contributed by atoms with van der Waals surface area (Å²) >= 11 is 5.66. The van der Waals surface area contributed by atoms with Gasteiger partial charge in [0.15, 0.2) is 0 Å². The molecule has 0 fully saturated rings. The Kier molecular flexibility index (Phi) is 4.63. The maximum Gasteiger partial charge on any atom is 0.310 e. The minimum atomic E-state index is -0.191. The average Bonchev–Trinajstić information content (AvgIpc) is 2.17. The van der Waals surface area contributed by atoms with Gasteiger partial charge >= 0.3 is 5.97 Å². The number of benzene rings is 1. The van der Waals surface area contributed by atoms with Crippen LogP contribution in [-0.4, -0.2) is 12.1 Å². The van der Waals surface area contributed by atoms with Crippen LogP contribution in [0.1, 0.15) is 25.0 Å². The summed E-state index contributed by atoms with van der Waals surface area (Å²) in [5.41, 5.74) is 2.01. The van der Waals surface area contributed by atoms with Crippen LogP contribution in [0.4, 0.5) is 0 Å². The molecule has 0 saturated heterocycles. The number of hydrogen-bond acceptors (Lipinski definition) is 2. The van der Waals surface area contributed by atoms with Crippen molar-refractivity contribution in [2.24, 2.45) is 0 Å². The number of carbonyl (C=O) groups is 1. The summed E-state index contributed by atoms with van der Waals surface area (Å²) < 4.78 is 5.05. The molecule has 0 radical (unpaired) electrons. The monoisotopic (exact) mass is 226 g/mol. The van der Waals surface area contributed by atoms with Gasteiger partial charge in [0.25, 0.3) is 0 Å². The largest absolute Gasteiger partial charge is 0.463 e. The highest BCUT2D eigenvalue weighted by Crippen LogP contribution is 2.08. The van der Waals surface area contributed by atoms with Gasteiger partial charge in [-0.15, -0.1) is 11.6 Å². The number of hydrogen-bond donors (Lipinski definition) is 0. The molecule has 0 unspecified atom stereocenters. The fourth-order valence-corrected chi connectivity index (χ4v) is 1.40. The van der Waals surface area contributed by atoms with Crippen molar-refractivity contribution < 1.29 is 9.53 Å². The van der Waals surface area contributed by atoms with E-state index in [-0.39, 0.29) is 12.1 Å². The Morgan fingerprint density at radius 2 is 1.80 bits per heavy atom. The molecule has 15 heavy (non-hydrogen) atoms. The molecule has 2 nitrogen and oxygen atoms in total. The minimum Gasteiger partial charge on any atom is -0.463 e. The van der Waals surface area contributed by atoms with Gasteiger partial charge in [-0.1, -0.05) is 24.3 Å². The molecule has 1 aromatic carbocycles. The first-order chi connectivity index (χ1) is 7.11. The molecule has 0 bridgehead atoms. The highest BCUT2D eigenvalue weighted by Gasteiger charge is 2.06. The summed E-state index contributed by atoms with van der Waals surface area (Å²) in [5, 5.41) is 0. The summed E-state index contributed by atoms with van der Waals surface area (Å²) in [4.78, 5) is 11.3. The van der Waals surface area contributed by atoms with Crippen LogP contribution < -0.4 is 0 Å². The lowest BCUT2D eigenvalue weighted by atomic mass is 10.1. The van der Waals surface area contributed by atoms with Gasteiger partial charge in [-0.2, -0.15) is 0 Å². The van der Waals surface area contributed by atoms with Gasteiger partial charge < -0.3 is 4.74 Å². The van der Waals surface area contributed by atoms with E-state index in [0.717, 1.165) is 11.1 Å². The number of rotatable bonds is 4. The summed E-state index contributed by atoms with van der Waals surface area (Å²) in [7, 11) is 0. The number of carbonyl (C=O) groups excluding carboxylic acids is 1. The Morgan fingerprint density at radius 3 is 2.27 bits per heavy atom. The van der Waals surface area contributed by atoms with E-state index in [2.05, 4.69) is 0 Å². The number of alkyl halides is 1. The van der Waals surface area contributed by atoms with Crippen LogP contribution in [0.3, 0.4) is 0 Å². The van der Waals surface area contributed by atoms with Gasteiger partial charge in [-0.05, 0) is 25.0 Å². The van der Waals surface area contributed by atoms with Crippen LogP contribution in [0.25, 0.3) is 0 Å². The molecule has 1 rings (SSSR count). The molecule has 0 aliphatic carbocycles. The van der Waals surface area contributed by atoms with Crippen LogP contribution in [0.15, 0.2) is 24.3 Å². The smallest absolute Gasteiger partial charge is 0.310 e. The molecule has 3 heteroatoms. The van der Waals surface area contributed by atoms with Crippen LogP contribution in [0, 0.1) is 0 Å². The Bertz CT molecular complexity index is 317. The Morgan fingerprint density at radius 1 is 1.27 bits per heavy atom. The summed E-state index contributed by atoms with van der Waals surface area (Å²) in [6, 6.07) is 7.65. The lowest BCUT2D eigenvalue weighted by molar-refractivity contribution is -0.146. The summed E-state index contributed by atoms with van der Waals surface area (Å²) in [6.07, 6.45) is 0.264. The maximum absolute atomic E-state index is 11.3. The standard InChI is InChI=1S/C12H15ClO2/c1-9(2)15-12(14)7-10-3-5-11(8-13)6-4-10/h3-6,9H,7-8H2,1-2H3. The van der Waals surface area contributed by atoms with Crippen LogP contribution in [0.5, 0.6) is 0 Å². The predicted octanol–water partition coefficient (Wildman–Crippen LogP) is 2.92. The van der Waals surface area contributed by atoms with E-state index in [1.165, 1.54) is 0 Å². The molecular weight excluding hydrogens is 212 g/mol. The first kappa shape index (κ1) is 12.1. The van der Waals surface area contributed by atoms with Gasteiger partial charge in [0, 0.05) is 5.88 Å². The fraction of sp³-hybridized carbons (Fsp3) is 0.417. The molecule has 82 valence electrons. The fourth-order valence-electron chi connectivity index (χ4n) is 1.22. The van der Waals surface area contributed by atoms with Crippen molar-refractivity contribution in [2.45, 2.75) is 32.3 Å². The molecule has 0 aliphatic heterocycles. The van der Waals surface area contributed by atoms with Crippen LogP contribution in [-0.2, 0) is 21.8 Å². The highest BCUT2D eigenvalue weighted by molar-refractivity contribution is 6.17. The van der Waals surface area contributed by atoms with E-state index in [1.807, 2.05) is 38.1 Å². The first-order valence-corrected chi connectivity index (χ1v) is 5.48. The number of ether oxygens (including phenoxy) is 1. The summed E-state index contributed by atoms with van der Waals surface area (Å²) in [6.45, 7) is 3.68. The third-order valence-corrected chi connectivity index (χ3v) is 2.20. The van der Waals surface area contributed by atoms with E-state index in [4.69, 9.17) is 16.3 Å². The zero-order valence-electron chi connectivity index (χ0n) is 9.00. The van der Waals surface area contributed by atoms with Crippen molar-refractivity contribution >= 4 is 17.6 Å². The maximum atomic E-state index is 11.3. The molecule has 0 N–H and O–H groups in total. The van der Waals surface area contributed by atoms with Crippen molar-refractivity contribution in [3.8, 4) is 0 Å². The zero-order chi connectivity index (χ0) is 11.3. The quantitative estimate of drug-likeness (QED) is 0.583. The van der Waals surface area contributed by atoms with Crippen molar-refractivity contribution in [3.05, 3.63) is 35.4 Å². The second-order valence-electron chi connectivity index (χ2n) is 3.67. The predicted molar refractivity (Wildman–Crippen MR) is 60.9 cm³/mol. The molecule has 0 amide bonds. The van der Waals surface area contributed by atoms with Gasteiger partial charge in [0.2, 0.25) is 0 Å². The molecule has 0 heterocycles. The Hall–Kier alpha value is -1.02. The molecule has 0 saturated carbocycles. The third kappa shape index (κ3) is 4.34. The molecule has 0 aliphatic rings. The number of halogens is 1. The van der Waals surface area contributed by atoms with E-state index in [9.17, 15) is 4.79 Å². The van der Waals surface area contributed by atoms with Gasteiger partial charge in [-0.25, -0.2) is 0 Å². The second-order valence-corrected chi connectivity index (χ2v) is 3.93. The highest BCUT2D eigenvalue weighted by atomic mass is 35.5. The van der Waals surface area contributed by atoms with E-state index >= 15 is 0 Å². The average molecular weight is 227 g/mol. The van der Waals surface area contributed by atoms with Gasteiger partial charge in [-0.3, -0.25) is 4.79 Å². The normalized spacial score (nSPS) is 10.4. The molecule has 0 atom stereocenters. The van der Waals surface area contributed by atoms with Crippen molar-refractivity contribution in [2.75, 3.05) is 0 Å². The van der Waals surface area contributed by atoms with Gasteiger partial charge in [0.1, 0.15) is 0 Å². The van der Waals surface area contributed by atoms with E-state index in [0.29, 0.717) is 12.3 Å². The van der Waals surface area contributed by atoms with Crippen LogP contribution in [0.2, 0.25) is 0 Å². The lowest BCUT2D eigenvalue weighted by Crippen LogP contribution is -2.13. The Balaban J connectivity index is 2.53. The topological polar surface area (TPSA) is 26.3 Å². The molecule has 1 aromatic rings.